The minimum Gasteiger partial charge on any atom is -0.340 e. The molecule has 1 aromatic carbocycles. The molecular formula is C15H17ClN2. The molecule has 0 saturated heterocycles. The van der Waals surface area contributed by atoms with Crippen LogP contribution < -0.4 is 5.32 Å². The minimum atomic E-state index is 0.500. The van der Waals surface area contributed by atoms with Crippen LogP contribution in [0.1, 0.15) is 25.3 Å². The Bertz CT molecular complexity index is 494. The van der Waals surface area contributed by atoms with Gasteiger partial charge in [-0.1, -0.05) is 43.1 Å². The first kappa shape index (κ1) is 12.9. The first-order valence-corrected chi connectivity index (χ1v) is 6.64. The molecule has 0 spiro atoms. The van der Waals surface area contributed by atoms with Crippen LogP contribution in [0, 0.1) is 0 Å². The van der Waals surface area contributed by atoms with E-state index in [9.17, 15) is 0 Å². The maximum absolute atomic E-state index is 5.84. The van der Waals surface area contributed by atoms with Gasteiger partial charge >= 0.3 is 0 Å². The van der Waals surface area contributed by atoms with Crippen molar-refractivity contribution in [3.63, 3.8) is 0 Å². The van der Waals surface area contributed by atoms with Crippen molar-refractivity contribution in [2.45, 2.75) is 26.2 Å². The lowest BCUT2D eigenvalue weighted by atomic mass is 10.1. The van der Waals surface area contributed by atoms with Crippen LogP contribution >= 0.6 is 11.6 Å². The molecule has 2 nitrogen and oxygen atoms in total. The van der Waals surface area contributed by atoms with Gasteiger partial charge in [0.25, 0.3) is 0 Å². The third-order valence-corrected chi connectivity index (χ3v) is 2.97. The van der Waals surface area contributed by atoms with Crippen molar-refractivity contribution in [1.82, 2.24) is 4.98 Å². The summed E-state index contributed by atoms with van der Waals surface area (Å²) in [7, 11) is 0. The first-order valence-electron chi connectivity index (χ1n) is 6.26. The van der Waals surface area contributed by atoms with Crippen LogP contribution in [0.25, 0.3) is 0 Å². The second kappa shape index (κ2) is 6.41. The molecule has 1 heterocycles. The van der Waals surface area contributed by atoms with Crippen LogP contribution in [-0.4, -0.2) is 4.98 Å². The van der Waals surface area contributed by atoms with E-state index in [-0.39, 0.29) is 0 Å². The lowest BCUT2D eigenvalue weighted by Gasteiger charge is -2.07. The summed E-state index contributed by atoms with van der Waals surface area (Å²) in [5, 5.41) is 3.73. The zero-order chi connectivity index (χ0) is 12.8. The highest BCUT2D eigenvalue weighted by Crippen LogP contribution is 2.17. The number of hydrogen-bond donors (Lipinski definition) is 1. The summed E-state index contributed by atoms with van der Waals surface area (Å²) < 4.78 is 0. The Hall–Kier alpha value is -1.54. The number of nitrogens with zero attached hydrogens (tertiary/aromatic N) is 1. The fourth-order valence-electron chi connectivity index (χ4n) is 1.76. The van der Waals surface area contributed by atoms with Gasteiger partial charge in [0.15, 0.2) is 0 Å². The maximum Gasteiger partial charge on any atom is 0.132 e. The van der Waals surface area contributed by atoms with Crippen molar-refractivity contribution in [2.24, 2.45) is 0 Å². The fourth-order valence-corrected chi connectivity index (χ4v) is 1.93. The second-order valence-corrected chi connectivity index (χ2v) is 4.66. The van der Waals surface area contributed by atoms with Crippen molar-refractivity contribution in [3.8, 4) is 0 Å². The topological polar surface area (TPSA) is 24.9 Å². The van der Waals surface area contributed by atoms with Crippen molar-refractivity contribution in [2.75, 3.05) is 5.32 Å². The Morgan fingerprint density at radius 3 is 2.56 bits per heavy atom. The van der Waals surface area contributed by atoms with Crippen LogP contribution in [-0.2, 0) is 6.42 Å². The Kier molecular flexibility index (Phi) is 4.59. The fraction of sp³-hybridized carbons (Fsp3) is 0.267. The molecule has 0 aliphatic carbocycles. The molecule has 18 heavy (non-hydrogen) atoms. The molecule has 0 fully saturated rings. The van der Waals surface area contributed by atoms with Crippen molar-refractivity contribution < 1.29 is 0 Å². The molecule has 0 radical (unpaired) electrons. The molecule has 2 rings (SSSR count). The predicted molar refractivity (Wildman–Crippen MR) is 77.6 cm³/mol. The van der Waals surface area contributed by atoms with E-state index in [1.165, 1.54) is 18.4 Å². The average molecular weight is 261 g/mol. The van der Waals surface area contributed by atoms with E-state index in [4.69, 9.17) is 11.6 Å². The SMILES string of the molecule is CCCCc1ccc(Nc2cccc(Cl)n2)cc1. The predicted octanol–water partition coefficient (Wildman–Crippen LogP) is 4.82. The first-order chi connectivity index (χ1) is 8.78. The summed E-state index contributed by atoms with van der Waals surface area (Å²) in [5.74, 6) is 0.767. The van der Waals surface area contributed by atoms with E-state index in [1.807, 2.05) is 12.1 Å². The highest BCUT2D eigenvalue weighted by atomic mass is 35.5. The van der Waals surface area contributed by atoms with Gasteiger partial charge in [-0.05, 0) is 42.7 Å². The highest BCUT2D eigenvalue weighted by molar-refractivity contribution is 6.29. The third-order valence-electron chi connectivity index (χ3n) is 2.76. The van der Waals surface area contributed by atoms with Crippen molar-refractivity contribution in [3.05, 3.63) is 53.2 Å². The number of unbranched alkanes of at least 4 members (excludes halogenated alkanes) is 1. The summed E-state index contributed by atoms with van der Waals surface area (Å²) in [6.07, 6.45) is 3.61. The summed E-state index contributed by atoms with van der Waals surface area (Å²) in [4.78, 5) is 4.19. The van der Waals surface area contributed by atoms with Gasteiger partial charge in [0.2, 0.25) is 0 Å². The molecule has 3 heteroatoms. The van der Waals surface area contributed by atoms with Gasteiger partial charge in [0.1, 0.15) is 11.0 Å². The molecule has 0 atom stereocenters. The van der Waals surface area contributed by atoms with Gasteiger partial charge in [-0.25, -0.2) is 4.98 Å². The van der Waals surface area contributed by atoms with Crippen LogP contribution in [0.5, 0.6) is 0 Å². The quantitative estimate of drug-likeness (QED) is 0.780. The van der Waals surface area contributed by atoms with E-state index in [0.717, 1.165) is 17.9 Å². The lowest BCUT2D eigenvalue weighted by molar-refractivity contribution is 0.795. The number of pyridine rings is 1. The molecule has 0 aliphatic rings. The van der Waals surface area contributed by atoms with Crippen molar-refractivity contribution in [1.29, 1.82) is 0 Å². The van der Waals surface area contributed by atoms with Crippen LogP contribution in [0.3, 0.4) is 0 Å². The zero-order valence-corrected chi connectivity index (χ0v) is 11.2. The second-order valence-electron chi connectivity index (χ2n) is 4.27. The molecule has 1 N–H and O–H groups in total. The van der Waals surface area contributed by atoms with E-state index < -0.39 is 0 Å². The number of aryl methyl sites for hydroxylation is 1. The van der Waals surface area contributed by atoms with E-state index >= 15 is 0 Å². The summed E-state index contributed by atoms with van der Waals surface area (Å²) >= 11 is 5.84. The molecule has 1 aromatic heterocycles. The number of hydrogen-bond acceptors (Lipinski definition) is 2. The Morgan fingerprint density at radius 2 is 1.89 bits per heavy atom. The van der Waals surface area contributed by atoms with Crippen LogP contribution in [0.4, 0.5) is 11.5 Å². The van der Waals surface area contributed by atoms with Crippen LogP contribution in [0.15, 0.2) is 42.5 Å². The Labute approximate surface area is 113 Å². The number of anilines is 2. The maximum atomic E-state index is 5.84. The van der Waals surface area contributed by atoms with E-state index in [2.05, 4.69) is 41.5 Å². The standard InChI is InChI=1S/C15H17ClN2/c1-2-3-5-12-8-10-13(11-9-12)17-15-7-4-6-14(16)18-15/h4,6-11H,2-3,5H2,1H3,(H,17,18). The molecule has 2 aromatic rings. The summed E-state index contributed by atoms with van der Waals surface area (Å²) in [6, 6.07) is 14.0. The average Bonchev–Trinajstić information content (AvgIpc) is 2.38. The number of benzene rings is 1. The number of aromatic nitrogens is 1. The van der Waals surface area contributed by atoms with Gasteiger partial charge in [-0.2, -0.15) is 0 Å². The number of nitrogens with one attached hydrogen (secondary N) is 1. The van der Waals surface area contributed by atoms with E-state index in [1.54, 1.807) is 6.07 Å². The zero-order valence-electron chi connectivity index (χ0n) is 10.5. The van der Waals surface area contributed by atoms with Gasteiger partial charge in [0.05, 0.1) is 0 Å². The molecular weight excluding hydrogens is 244 g/mol. The molecule has 94 valence electrons. The smallest absolute Gasteiger partial charge is 0.132 e. The Morgan fingerprint density at radius 1 is 1.11 bits per heavy atom. The molecule has 0 saturated carbocycles. The Balaban J connectivity index is 2.02. The normalized spacial score (nSPS) is 10.3. The van der Waals surface area contributed by atoms with Gasteiger partial charge in [-0.3, -0.25) is 0 Å². The van der Waals surface area contributed by atoms with Crippen molar-refractivity contribution >= 4 is 23.1 Å². The molecule has 0 unspecified atom stereocenters. The highest BCUT2D eigenvalue weighted by Gasteiger charge is 1.98. The van der Waals surface area contributed by atoms with Gasteiger partial charge < -0.3 is 5.32 Å². The lowest BCUT2D eigenvalue weighted by Crippen LogP contribution is -1.93. The summed E-state index contributed by atoms with van der Waals surface area (Å²) in [6.45, 7) is 2.21. The third kappa shape index (κ3) is 3.74. The molecule has 0 amide bonds. The van der Waals surface area contributed by atoms with Gasteiger partial charge in [0, 0.05) is 5.69 Å². The van der Waals surface area contributed by atoms with Crippen LogP contribution in [0.2, 0.25) is 5.15 Å². The summed E-state index contributed by atoms with van der Waals surface area (Å²) in [5.41, 5.74) is 2.41. The number of rotatable bonds is 5. The minimum absolute atomic E-state index is 0.500. The monoisotopic (exact) mass is 260 g/mol. The van der Waals surface area contributed by atoms with E-state index in [0.29, 0.717) is 5.15 Å². The largest absolute Gasteiger partial charge is 0.340 e. The molecule has 0 aliphatic heterocycles. The molecule has 0 bridgehead atoms. The number of halogens is 1. The van der Waals surface area contributed by atoms with Gasteiger partial charge in [-0.15, -0.1) is 0 Å².